The molecule has 3 aromatic rings. The zero-order chi connectivity index (χ0) is 21.8. The van der Waals surface area contributed by atoms with Gasteiger partial charge in [0.15, 0.2) is 0 Å². The number of rotatable bonds is 6. The molecule has 7 nitrogen and oxygen atoms in total. The maximum Gasteiger partial charge on any atom is 0.240 e. The number of benzene rings is 2. The SMILES string of the molecule is CN1CCN(Nc2nc(NC3CCN(Cc4ccccc4)CC3)c3ccccc3n2)CC1. The van der Waals surface area contributed by atoms with Crippen molar-refractivity contribution in [3.63, 3.8) is 0 Å². The minimum absolute atomic E-state index is 0.428. The molecule has 7 heteroatoms. The molecule has 0 aliphatic carbocycles. The Kier molecular flexibility index (Phi) is 6.48. The smallest absolute Gasteiger partial charge is 0.240 e. The minimum Gasteiger partial charge on any atom is -0.367 e. The van der Waals surface area contributed by atoms with Gasteiger partial charge in [0.05, 0.1) is 5.52 Å². The summed E-state index contributed by atoms with van der Waals surface area (Å²) >= 11 is 0. The summed E-state index contributed by atoms with van der Waals surface area (Å²) in [5.74, 6) is 1.62. The summed E-state index contributed by atoms with van der Waals surface area (Å²) in [5, 5.41) is 7.05. The Morgan fingerprint density at radius 2 is 1.56 bits per heavy atom. The molecule has 32 heavy (non-hydrogen) atoms. The Morgan fingerprint density at radius 3 is 2.34 bits per heavy atom. The molecule has 0 saturated carbocycles. The van der Waals surface area contributed by atoms with Crippen molar-refractivity contribution in [3.05, 3.63) is 60.2 Å². The van der Waals surface area contributed by atoms with Gasteiger partial charge in [-0.15, -0.1) is 0 Å². The van der Waals surface area contributed by atoms with E-state index >= 15 is 0 Å². The van der Waals surface area contributed by atoms with Gasteiger partial charge in [0.2, 0.25) is 5.95 Å². The van der Waals surface area contributed by atoms with Gasteiger partial charge in [0.25, 0.3) is 0 Å². The van der Waals surface area contributed by atoms with Crippen LogP contribution >= 0.6 is 0 Å². The highest BCUT2D eigenvalue weighted by atomic mass is 15.6. The number of hydrogen-bond donors (Lipinski definition) is 2. The number of nitrogens with zero attached hydrogens (tertiary/aromatic N) is 5. The van der Waals surface area contributed by atoms with E-state index in [0.717, 1.165) is 75.4 Å². The summed E-state index contributed by atoms with van der Waals surface area (Å²) in [5.41, 5.74) is 5.81. The van der Waals surface area contributed by atoms with E-state index in [1.807, 2.05) is 6.07 Å². The van der Waals surface area contributed by atoms with E-state index in [2.05, 4.69) is 81.1 Å². The molecule has 0 spiro atoms. The molecule has 2 fully saturated rings. The van der Waals surface area contributed by atoms with Crippen LogP contribution in [0.5, 0.6) is 0 Å². The normalized spacial score (nSPS) is 19.3. The van der Waals surface area contributed by atoms with Crippen LogP contribution in [0.4, 0.5) is 11.8 Å². The van der Waals surface area contributed by atoms with Crippen LogP contribution in [-0.2, 0) is 6.54 Å². The highest BCUT2D eigenvalue weighted by Crippen LogP contribution is 2.25. The second kappa shape index (κ2) is 9.81. The van der Waals surface area contributed by atoms with Crippen LogP contribution in [0.1, 0.15) is 18.4 Å². The Morgan fingerprint density at radius 1 is 0.844 bits per heavy atom. The van der Waals surface area contributed by atoms with Crippen molar-refractivity contribution in [3.8, 4) is 0 Å². The van der Waals surface area contributed by atoms with E-state index in [-0.39, 0.29) is 0 Å². The standard InChI is InChI=1S/C25H33N7/c1-30-15-17-32(18-16-30)29-25-27-23-10-6-5-9-22(23)24(28-25)26-21-11-13-31(14-12-21)19-20-7-3-2-4-8-20/h2-10,21H,11-19H2,1H3,(H2,26,27,28,29). The fraction of sp³-hybridized carbons (Fsp3) is 0.440. The number of anilines is 2. The van der Waals surface area contributed by atoms with E-state index in [9.17, 15) is 0 Å². The second-order valence-electron chi connectivity index (χ2n) is 9.00. The number of piperazine rings is 1. The summed E-state index contributed by atoms with van der Waals surface area (Å²) in [6, 6.07) is 19.5. The lowest BCUT2D eigenvalue weighted by molar-refractivity contribution is 0.178. The summed E-state index contributed by atoms with van der Waals surface area (Å²) in [6.07, 6.45) is 2.23. The number of hydrogen-bond acceptors (Lipinski definition) is 7. The van der Waals surface area contributed by atoms with Gasteiger partial charge in [-0.2, -0.15) is 4.98 Å². The number of likely N-dealkylation sites (tertiary alicyclic amines) is 1. The minimum atomic E-state index is 0.428. The van der Waals surface area contributed by atoms with E-state index in [0.29, 0.717) is 12.0 Å². The molecule has 2 aliphatic rings. The fourth-order valence-corrected chi connectivity index (χ4v) is 4.57. The molecule has 2 aromatic carbocycles. The summed E-state index contributed by atoms with van der Waals surface area (Å²) < 4.78 is 0. The second-order valence-corrected chi connectivity index (χ2v) is 9.00. The number of hydrazine groups is 1. The van der Waals surface area contributed by atoms with Gasteiger partial charge in [0, 0.05) is 57.2 Å². The van der Waals surface area contributed by atoms with Crippen LogP contribution < -0.4 is 10.7 Å². The predicted octanol–water partition coefficient (Wildman–Crippen LogP) is 3.28. The Hall–Kier alpha value is -2.74. The highest BCUT2D eigenvalue weighted by Gasteiger charge is 2.21. The maximum absolute atomic E-state index is 4.89. The Labute approximate surface area is 190 Å². The van der Waals surface area contributed by atoms with Crippen LogP contribution in [0, 0.1) is 0 Å². The molecule has 5 rings (SSSR count). The van der Waals surface area contributed by atoms with E-state index < -0.39 is 0 Å². The zero-order valence-corrected chi connectivity index (χ0v) is 18.9. The molecular weight excluding hydrogens is 398 g/mol. The summed E-state index contributed by atoms with van der Waals surface area (Å²) in [7, 11) is 2.16. The number of fused-ring (bicyclic) bond motifs is 1. The number of aromatic nitrogens is 2. The third-order valence-electron chi connectivity index (χ3n) is 6.54. The van der Waals surface area contributed by atoms with Crippen LogP contribution in [0.3, 0.4) is 0 Å². The van der Waals surface area contributed by atoms with Crippen molar-refractivity contribution >= 4 is 22.7 Å². The molecule has 1 aromatic heterocycles. The molecule has 168 valence electrons. The van der Waals surface area contributed by atoms with Gasteiger partial charge < -0.3 is 10.2 Å². The van der Waals surface area contributed by atoms with Gasteiger partial charge in [-0.25, -0.2) is 9.99 Å². The van der Waals surface area contributed by atoms with Crippen molar-refractivity contribution in [2.75, 3.05) is 57.1 Å². The van der Waals surface area contributed by atoms with Crippen molar-refractivity contribution in [1.82, 2.24) is 24.8 Å². The van der Waals surface area contributed by atoms with Crippen molar-refractivity contribution in [1.29, 1.82) is 0 Å². The largest absolute Gasteiger partial charge is 0.367 e. The van der Waals surface area contributed by atoms with Crippen molar-refractivity contribution in [2.24, 2.45) is 0 Å². The van der Waals surface area contributed by atoms with Gasteiger partial charge in [-0.1, -0.05) is 42.5 Å². The highest BCUT2D eigenvalue weighted by molar-refractivity contribution is 5.90. The van der Waals surface area contributed by atoms with Gasteiger partial charge >= 0.3 is 0 Å². The Bertz CT molecular complexity index is 1010. The third kappa shape index (κ3) is 5.18. The molecule has 0 unspecified atom stereocenters. The topological polar surface area (TPSA) is 59.6 Å². The maximum atomic E-state index is 4.89. The molecule has 2 N–H and O–H groups in total. The molecular formula is C25H33N7. The molecule has 0 bridgehead atoms. The molecule has 3 heterocycles. The third-order valence-corrected chi connectivity index (χ3v) is 6.54. The van der Waals surface area contributed by atoms with Crippen LogP contribution in [0.25, 0.3) is 10.9 Å². The van der Waals surface area contributed by atoms with E-state index in [4.69, 9.17) is 9.97 Å². The van der Waals surface area contributed by atoms with Gasteiger partial charge in [0.1, 0.15) is 5.82 Å². The monoisotopic (exact) mass is 431 g/mol. The van der Waals surface area contributed by atoms with Crippen LogP contribution in [0.15, 0.2) is 54.6 Å². The summed E-state index contributed by atoms with van der Waals surface area (Å²) in [6.45, 7) is 7.26. The average molecular weight is 432 g/mol. The van der Waals surface area contributed by atoms with E-state index in [1.54, 1.807) is 0 Å². The summed E-state index contributed by atoms with van der Waals surface area (Å²) in [4.78, 5) is 14.6. The van der Waals surface area contributed by atoms with Crippen molar-refractivity contribution in [2.45, 2.75) is 25.4 Å². The first-order chi connectivity index (χ1) is 15.7. The first-order valence-electron chi connectivity index (χ1n) is 11.7. The lowest BCUT2D eigenvalue weighted by atomic mass is 10.0. The van der Waals surface area contributed by atoms with Crippen LogP contribution in [0.2, 0.25) is 0 Å². The van der Waals surface area contributed by atoms with Gasteiger partial charge in [-0.3, -0.25) is 10.3 Å². The molecule has 0 amide bonds. The van der Waals surface area contributed by atoms with Crippen molar-refractivity contribution < 1.29 is 0 Å². The molecule has 2 saturated heterocycles. The zero-order valence-electron chi connectivity index (χ0n) is 18.9. The number of piperidine rings is 1. The quantitative estimate of drug-likeness (QED) is 0.621. The fourth-order valence-electron chi connectivity index (χ4n) is 4.57. The lowest BCUT2D eigenvalue weighted by Crippen LogP contribution is -2.47. The predicted molar refractivity (Wildman–Crippen MR) is 131 cm³/mol. The molecule has 2 aliphatic heterocycles. The molecule has 0 atom stereocenters. The Balaban J connectivity index is 1.25. The average Bonchev–Trinajstić information content (AvgIpc) is 2.83. The first-order valence-corrected chi connectivity index (χ1v) is 11.7. The van der Waals surface area contributed by atoms with Crippen LogP contribution in [-0.4, -0.2) is 77.1 Å². The molecule has 0 radical (unpaired) electrons. The number of para-hydroxylation sites is 1. The number of likely N-dealkylation sites (N-methyl/N-ethyl adjacent to an activating group) is 1. The van der Waals surface area contributed by atoms with Gasteiger partial charge in [-0.05, 0) is 37.6 Å². The lowest BCUT2D eigenvalue weighted by Gasteiger charge is -2.33. The first kappa shape index (κ1) is 21.1. The number of nitrogens with one attached hydrogen (secondary N) is 2. The van der Waals surface area contributed by atoms with E-state index in [1.165, 1.54) is 5.56 Å².